The first-order valence-corrected chi connectivity index (χ1v) is 6.15. The summed E-state index contributed by atoms with van der Waals surface area (Å²) in [4.78, 5) is 4.32. The SMILES string of the molecule is CNC(Cc1ccc(OC)c(F)c1)c1ccccn1. The van der Waals surface area contributed by atoms with Crippen LogP contribution in [0.3, 0.4) is 0 Å². The first kappa shape index (κ1) is 13.5. The summed E-state index contributed by atoms with van der Waals surface area (Å²) in [7, 11) is 3.33. The zero-order chi connectivity index (χ0) is 13.7. The van der Waals surface area contributed by atoms with Crippen molar-refractivity contribution in [3.63, 3.8) is 0 Å². The third kappa shape index (κ3) is 3.29. The van der Waals surface area contributed by atoms with Gasteiger partial charge in [0.25, 0.3) is 0 Å². The van der Waals surface area contributed by atoms with Crippen molar-refractivity contribution in [2.75, 3.05) is 14.2 Å². The maximum atomic E-state index is 13.6. The molecule has 1 N–H and O–H groups in total. The van der Waals surface area contributed by atoms with Gasteiger partial charge in [-0.05, 0) is 43.3 Å². The number of hydrogen-bond acceptors (Lipinski definition) is 3. The number of nitrogens with one attached hydrogen (secondary N) is 1. The fourth-order valence-corrected chi connectivity index (χ4v) is 2.01. The van der Waals surface area contributed by atoms with E-state index < -0.39 is 0 Å². The van der Waals surface area contributed by atoms with Crippen molar-refractivity contribution in [1.82, 2.24) is 10.3 Å². The van der Waals surface area contributed by atoms with E-state index >= 15 is 0 Å². The summed E-state index contributed by atoms with van der Waals surface area (Å²) in [5.41, 5.74) is 1.85. The summed E-state index contributed by atoms with van der Waals surface area (Å²) in [5.74, 6) is -0.0709. The van der Waals surface area contributed by atoms with Gasteiger partial charge in [-0.25, -0.2) is 4.39 Å². The predicted octanol–water partition coefficient (Wildman–Crippen LogP) is 2.73. The van der Waals surface area contributed by atoms with Crippen LogP contribution in [0, 0.1) is 5.82 Å². The van der Waals surface area contributed by atoms with E-state index in [1.165, 1.54) is 13.2 Å². The second-order valence-electron chi connectivity index (χ2n) is 4.27. The number of methoxy groups -OCH3 is 1. The molecule has 0 amide bonds. The second-order valence-corrected chi connectivity index (χ2v) is 4.27. The molecule has 19 heavy (non-hydrogen) atoms. The normalized spacial score (nSPS) is 12.2. The summed E-state index contributed by atoms with van der Waals surface area (Å²) in [5, 5.41) is 3.20. The molecule has 1 aromatic heterocycles. The molecule has 0 spiro atoms. The number of aromatic nitrogens is 1. The average Bonchev–Trinajstić information content (AvgIpc) is 2.46. The van der Waals surface area contributed by atoms with Gasteiger partial charge in [-0.2, -0.15) is 0 Å². The molecule has 4 heteroatoms. The molecule has 0 bridgehead atoms. The van der Waals surface area contributed by atoms with Gasteiger partial charge >= 0.3 is 0 Å². The molecule has 2 rings (SSSR count). The van der Waals surface area contributed by atoms with Crippen LogP contribution in [-0.2, 0) is 6.42 Å². The van der Waals surface area contributed by atoms with Gasteiger partial charge in [0.15, 0.2) is 11.6 Å². The van der Waals surface area contributed by atoms with E-state index in [9.17, 15) is 4.39 Å². The lowest BCUT2D eigenvalue weighted by molar-refractivity contribution is 0.386. The molecule has 1 unspecified atom stereocenters. The summed E-state index contributed by atoms with van der Waals surface area (Å²) in [6.07, 6.45) is 2.43. The molecule has 1 aromatic carbocycles. The molecule has 1 atom stereocenters. The van der Waals surface area contributed by atoms with Crippen LogP contribution in [-0.4, -0.2) is 19.1 Å². The van der Waals surface area contributed by atoms with Crippen LogP contribution in [0.2, 0.25) is 0 Å². The highest BCUT2D eigenvalue weighted by Crippen LogP contribution is 2.21. The molecule has 0 aliphatic carbocycles. The monoisotopic (exact) mass is 260 g/mol. The topological polar surface area (TPSA) is 34.1 Å². The van der Waals surface area contributed by atoms with Crippen LogP contribution in [0.25, 0.3) is 0 Å². The predicted molar refractivity (Wildman–Crippen MR) is 72.7 cm³/mol. The lowest BCUT2D eigenvalue weighted by Crippen LogP contribution is -2.19. The quantitative estimate of drug-likeness (QED) is 0.897. The summed E-state index contributed by atoms with van der Waals surface area (Å²) in [6.45, 7) is 0. The Morgan fingerprint density at radius 1 is 1.32 bits per heavy atom. The van der Waals surface area contributed by atoms with E-state index in [4.69, 9.17) is 4.74 Å². The van der Waals surface area contributed by atoms with Crippen LogP contribution in [0.5, 0.6) is 5.75 Å². The molecule has 0 fully saturated rings. The van der Waals surface area contributed by atoms with E-state index in [2.05, 4.69) is 10.3 Å². The Morgan fingerprint density at radius 2 is 2.16 bits per heavy atom. The van der Waals surface area contributed by atoms with Crippen molar-refractivity contribution in [2.24, 2.45) is 0 Å². The fraction of sp³-hybridized carbons (Fsp3) is 0.267. The number of rotatable bonds is 5. The van der Waals surface area contributed by atoms with E-state index in [1.54, 1.807) is 12.3 Å². The third-order valence-corrected chi connectivity index (χ3v) is 3.05. The highest BCUT2D eigenvalue weighted by Gasteiger charge is 2.12. The van der Waals surface area contributed by atoms with Crippen molar-refractivity contribution in [1.29, 1.82) is 0 Å². The highest BCUT2D eigenvalue weighted by molar-refractivity contribution is 5.30. The maximum absolute atomic E-state index is 13.6. The molecule has 2 aromatic rings. The van der Waals surface area contributed by atoms with Crippen LogP contribution in [0.1, 0.15) is 17.3 Å². The van der Waals surface area contributed by atoms with Gasteiger partial charge in [-0.3, -0.25) is 4.98 Å². The molecular formula is C15H17FN2O. The smallest absolute Gasteiger partial charge is 0.165 e. The molecule has 100 valence electrons. The number of nitrogens with zero attached hydrogens (tertiary/aromatic N) is 1. The average molecular weight is 260 g/mol. The second kappa shape index (κ2) is 6.29. The largest absolute Gasteiger partial charge is 0.494 e. The van der Waals surface area contributed by atoms with Crippen molar-refractivity contribution in [3.05, 3.63) is 59.7 Å². The van der Waals surface area contributed by atoms with Crippen LogP contribution in [0.4, 0.5) is 4.39 Å². The molecule has 1 heterocycles. The highest BCUT2D eigenvalue weighted by atomic mass is 19.1. The van der Waals surface area contributed by atoms with E-state index in [-0.39, 0.29) is 17.6 Å². The molecule has 0 radical (unpaired) electrons. The van der Waals surface area contributed by atoms with Crippen molar-refractivity contribution in [2.45, 2.75) is 12.5 Å². The maximum Gasteiger partial charge on any atom is 0.165 e. The number of ether oxygens (including phenoxy) is 1. The van der Waals surface area contributed by atoms with Gasteiger partial charge < -0.3 is 10.1 Å². The first-order valence-electron chi connectivity index (χ1n) is 6.15. The van der Waals surface area contributed by atoms with Crippen molar-refractivity contribution < 1.29 is 9.13 Å². The molecule has 0 saturated heterocycles. The van der Waals surface area contributed by atoms with Crippen LogP contribution in [0.15, 0.2) is 42.6 Å². The van der Waals surface area contributed by atoms with E-state index in [0.29, 0.717) is 6.42 Å². The van der Waals surface area contributed by atoms with Crippen LogP contribution < -0.4 is 10.1 Å². The standard InChI is InChI=1S/C15H17FN2O/c1-17-14(13-5-3-4-8-18-13)10-11-6-7-15(19-2)12(16)9-11/h3-9,14,17H,10H2,1-2H3. The summed E-state index contributed by atoms with van der Waals surface area (Å²) >= 11 is 0. The molecule has 0 saturated carbocycles. The number of halogens is 1. The molecular weight excluding hydrogens is 243 g/mol. The Balaban J connectivity index is 2.17. The number of hydrogen-bond donors (Lipinski definition) is 1. The van der Waals surface area contributed by atoms with E-state index in [0.717, 1.165) is 11.3 Å². The Bertz CT molecular complexity index is 531. The number of pyridine rings is 1. The third-order valence-electron chi connectivity index (χ3n) is 3.05. The lowest BCUT2D eigenvalue weighted by atomic mass is 10.0. The zero-order valence-corrected chi connectivity index (χ0v) is 11.1. The summed E-state index contributed by atoms with van der Waals surface area (Å²) in [6, 6.07) is 10.9. The Morgan fingerprint density at radius 3 is 2.74 bits per heavy atom. The Labute approximate surface area is 112 Å². The van der Waals surface area contributed by atoms with Gasteiger partial charge in [-0.15, -0.1) is 0 Å². The lowest BCUT2D eigenvalue weighted by Gasteiger charge is -2.16. The van der Waals surface area contributed by atoms with Gasteiger partial charge in [0, 0.05) is 6.20 Å². The van der Waals surface area contributed by atoms with Gasteiger partial charge in [0.1, 0.15) is 0 Å². The van der Waals surface area contributed by atoms with Gasteiger partial charge in [0.05, 0.1) is 18.8 Å². The van der Waals surface area contributed by atoms with Gasteiger partial charge in [-0.1, -0.05) is 12.1 Å². The number of benzene rings is 1. The minimum atomic E-state index is -0.337. The summed E-state index contributed by atoms with van der Waals surface area (Å²) < 4.78 is 18.6. The van der Waals surface area contributed by atoms with Crippen molar-refractivity contribution >= 4 is 0 Å². The first-order chi connectivity index (χ1) is 9.24. The minimum Gasteiger partial charge on any atom is -0.494 e. The van der Waals surface area contributed by atoms with Gasteiger partial charge in [0.2, 0.25) is 0 Å². The number of likely N-dealkylation sites (N-methyl/N-ethyl adjacent to an activating group) is 1. The minimum absolute atomic E-state index is 0.0639. The van der Waals surface area contributed by atoms with E-state index in [1.807, 2.05) is 31.3 Å². The molecule has 0 aliphatic heterocycles. The Kier molecular flexibility index (Phi) is 4.47. The fourth-order valence-electron chi connectivity index (χ4n) is 2.01. The Hall–Kier alpha value is -1.94. The zero-order valence-electron chi connectivity index (χ0n) is 11.1. The molecule has 0 aliphatic rings. The van der Waals surface area contributed by atoms with Crippen molar-refractivity contribution in [3.8, 4) is 5.75 Å². The molecule has 3 nitrogen and oxygen atoms in total. The van der Waals surface area contributed by atoms with Crippen LogP contribution >= 0.6 is 0 Å².